The van der Waals surface area contributed by atoms with Crippen molar-refractivity contribution in [2.24, 2.45) is 0 Å². The standard InChI is InChI=1S/C14H13BrClFN2/c15-11-8-13(17)14(18-9-11)19-12-5-1-3-10(7-12)4-2-6-16/h1,3,5,7-9H,2,4,6H2,(H,18,19). The molecule has 1 aromatic heterocycles. The fourth-order valence-electron chi connectivity index (χ4n) is 1.72. The third-order valence-electron chi connectivity index (χ3n) is 2.60. The van der Waals surface area contributed by atoms with Crippen molar-refractivity contribution < 1.29 is 4.39 Å². The minimum atomic E-state index is -0.388. The van der Waals surface area contributed by atoms with E-state index in [1.165, 1.54) is 11.6 Å². The molecule has 0 saturated carbocycles. The SMILES string of the molecule is Fc1cc(Br)cnc1Nc1cccc(CCCCl)c1. The number of hydrogen-bond donors (Lipinski definition) is 1. The summed E-state index contributed by atoms with van der Waals surface area (Å²) in [6, 6.07) is 9.21. The van der Waals surface area contributed by atoms with Crippen LogP contribution in [0, 0.1) is 5.82 Å². The Hall–Kier alpha value is -1.13. The van der Waals surface area contributed by atoms with Gasteiger partial charge < -0.3 is 5.32 Å². The Bertz CT molecular complexity index is 563. The summed E-state index contributed by atoms with van der Waals surface area (Å²) in [4.78, 5) is 4.01. The van der Waals surface area contributed by atoms with Gasteiger partial charge in [0.25, 0.3) is 0 Å². The number of nitrogens with one attached hydrogen (secondary N) is 1. The van der Waals surface area contributed by atoms with Gasteiger partial charge in [0.15, 0.2) is 11.6 Å². The number of benzene rings is 1. The maximum absolute atomic E-state index is 13.7. The van der Waals surface area contributed by atoms with Crippen molar-refractivity contribution >= 4 is 39.0 Å². The summed E-state index contributed by atoms with van der Waals surface area (Å²) >= 11 is 8.86. The fourth-order valence-corrected chi connectivity index (χ4v) is 2.16. The molecule has 1 heterocycles. The summed E-state index contributed by atoms with van der Waals surface area (Å²) in [5, 5.41) is 2.98. The molecular weight excluding hydrogens is 331 g/mol. The maximum atomic E-state index is 13.7. The van der Waals surface area contributed by atoms with Crippen LogP contribution in [0.1, 0.15) is 12.0 Å². The monoisotopic (exact) mass is 342 g/mol. The van der Waals surface area contributed by atoms with Gasteiger partial charge in [-0.2, -0.15) is 0 Å². The molecule has 1 aromatic carbocycles. The van der Waals surface area contributed by atoms with Crippen molar-refractivity contribution in [1.29, 1.82) is 0 Å². The first-order chi connectivity index (χ1) is 9.19. The maximum Gasteiger partial charge on any atom is 0.166 e. The normalized spacial score (nSPS) is 10.5. The molecule has 0 atom stereocenters. The van der Waals surface area contributed by atoms with E-state index in [2.05, 4.69) is 26.2 Å². The van der Waals surface area contributed by atoms with Gasteiger partial charge in [0.05, 0.1) is 0 Å². The van der Waals surface area contributed by atoms with Crippen molar-refractivity contribution in [2.45, 2.75) is 12.8 Å². The zero-order chi connectivity index (χ0) is 13.7. The summed E-state index contributed by atoms with van der Waals surface area (Å²) < 4.78 is 14.3. The van der Waals surface area contributed by atoms with Crippen LogP contribution < -0.4 is 5.32 Å². The van der Waals surface area contributed by atoms with Crippen LogP contribution in [0.3, 0.4) is 0 Å². The fraction of sp³-hybridized carbons (Fsp3) is 0.214. The van der Waals surface area contributed by atoms with Crippen LogP contribution in [-0.2, 0) is 6.42 Å². The first-order valence-electron chi connectivity index (χ1n) is 5.92. The second-order valence-electron chi connectivity index (χ2n) is 4.10. The zero-order valence-corrected chi connectivity index (χ0v) is 12.5. The lowest BCUT2D eigenvalue weighted by Gasteiger charge is -2.08. The summed E-state index contributed by atoms with van der Waals surface area (Å²) in [5.41, 5.74) is 1.99. The molecule has 0 aliphatic heterocycles. The van der Waals surface area contributed by atoms with E-state index < -0.39 is 0 Å². The van der Waals surface area contributed by atoms with E-state index in [0.717, 1.165) is 18.5 Å². The highest BCUT2D eigenvalue weighted by Crippen LogP contribution is 2.21. The van der Waals surface area contributed by atoms with Crippen LogP contribution in [-0.4, -0.2) is 10.9 Å². The van der Waals surface area contributed by atoms with Crippen molar-refractivity contribution in [2.75, 3.05) is 11.2 Å². The molecule has 2 nitrogen and oxygen atoms in total. The lowest BCUT2D eigenvalue weighted by molar-refractivity contribution is 0.625. The second-order valence-corrected chi connectivity index (χ2v) is 5.40. The van der Waals surface area contributed by atoms with Gasteiger partial charge in [-0.3, -0.25) is 0 Å². The van der Waals surface area contributed by atoms with E-state index in [9.17, 15) is 4.39 Å². The summed E-state index contributed by atoms with van der Waals surface area (Å²) in [6.45, 7) is 0. The number of hydrogen-bond acceptors (Lipinski definition) is 2. The lowest BCUT2D eigenvalue weighted by Crippen LogP contribution is -1.97. The van der Waals surface area contributed by atoms with Crippen molar-refractivity contribution in [1.82, 2.24) is 4.98 Å². The van der Waals surface area contributed by atoms with Crippen LogP contribution in [0.4, 0.5) is 15.9 Å². The smallest absolute Gasteiger partial charge is 0.166 e. The van der Waals surface area contributed by atoms with Gasteiger partial charge in [-0.25, -0.2) is 9.37 Å². The Balaban J connectivity index is 2.14. The van der Waals surface area contributed by atoms with Crippen LogP contribution in [0.15, 0.2) is 41.0 Å². The van der Waals surface area contributed by atoms with Crippen molar-refractivity contribution in [3.8, 4) is 0 Å². The van der Waals surface area contributed by atoms with E-state index in [1.54, 1.807) is 6.20 Å². The van der Waals surface area contributed by atoms with Crippen LogP contribution >= 0.6 is 27.5 Å². The Morgan fingerprint density at radius 2 is 2.16 bits per heavy atom. The second kappa shape index (κ2) is 6.87. The largest absolute Gasteiger partial charge is 0.338 e. The van der Waals surface area contributed by atoms with Gasteiger partial charge in [-0.15, -0.1) is 11.6 Å². The van der Waals surface area contributed by atoms with Gasteiger partial charge >= 0.3 is 0 Å². The number of anilines is 2. The van der Waals surface area contributed by atoms with E-state index in [-0.39, 0.29) is 11.6 Å². The van der Waals surface area contributed by atoms with Crippen LogP contribution in [0.2, 0.25) is 0 Å². The summed E-state index contributed by atoms with van der Waals surface area (Å²) in [5.74, 6) is 0.471. The first-order valence-corrected chi connectivity index (χ1v) is 7.25. The molecule has 0 bridgehead atoms. The highest BCUT2D eigenvalue weighted by Gasteiger charge is 2.05. The highest BCUT2D eigenvalue weighted by molar-refractivity contribution is 9.10. The van der Waals surface area contributed by atoms with E-state index >= 15 is 0 Å². The molecule has 19 heavy (non-hydrogen) atoms. The summed E-state index contributed by atoms with van der Waals surface area (Å²) in [7, 11) is 0. The Labute approximate surface area is 125 Å². The Morgan fingerprint density at radius 1 is 1.32 bits per heavy atom. The lowest BCUT2D eigenvalue weighted by atomic mass is 10.1. The Morgan fingerprint density at radius 3 is 2.89 bits per heavy atom. The molecule has 0 radical (unpaired) electrons. The van der Waals surface area contributed by atoms with E-state index in [1.807, 2.05) is 24.3 Å². The predicted molar refractivity (Wildman–Crippen MR) is 80.7 cm³/mol. The minimum Gasteiger partial charge on any atom is -0.338 e. The third kappa shape index (κ3) is 4.18. The van der Waals surface area contributed by atoms with Gasteiger partial charge in [-0.05, 0) is 52.5 Å². The molecule has 2 aromatic rings. The number of alkyl halides is 1. The predicted octanol–water partition coefficient (Wildman–Crippen LogP) is 4.90. The number of pyridine rings is 1. The topological polar surface area (TPSA) is 24.9 Å². The first kappa shape index (κ1) is 14.3. The molecule has 0 fully saturated rings. The molecule has 0 aliphatic carbocycles. The van der Waals surface area contributed by atoms with Gasteiger partial charge in [0, 0.05) is 22.2 Å². The molecule has 2 rings (SSSR count). The van der Waals surface area contributed by atoms with Crippen LogP contribution in [0.5, 0.6) is 0 Å². The van der Waals surface area contributed by atoms with Gasteiger partial charge in [0.1, 0.15) is 0 Å². The Kier molecular flexibility index (Phi) is 5.16. The molecule has 5 heteroatoms. The van der Waals surface area contributed by atoms with Gasteiger partial charge in [-0.1, -0.05) is 12.1 Å². The van der Waals surface area contributed by atoms with E-state index in [4.69, 9.17) is 11.6 Å². The number of aryl methyl sites for hydroxylation is 1. The van der Waals surface area contributed by atoms with Crippen molar-refractivity contribution in [3.05, 3.63) is 52.4 Å². The molecular formula is C14H13BrClFN2. The number of halogens is 3. The molecule has 0 saturated heterocycles. The minimum absolute atomic E-state index is 0.220. The average Bonchev–Trinajstić information content (AvgIpc) is 2.40. The third-order valence-corrected chi connectivity index (χ3v) is 3.30. The van der Waals surface area contributed by atoms with Crippen LogP contribution in [0.25, 0.3) is 0 Å². The molecule has 0 aliphatic rings. The van der Waals surface area contributed by atoms with Gasteiger partial charge in [0.2, 0.25) is 0 Å². The average molecular weight is 344 g/mol. The number of aromatic nitrogens is 1. The molecule has 0 unspecified atom stereocenters. The molecule has 0 spiro atoms. The molecule has 1 N–H and O–H groups in total. The summed E-state index contributed by atoms with van der Waals surface area (Å²) in [6.07, 6.45) is 3.40. The highest BCUT2D eigenvalue weighted by atomic mass is 79.9. The van der Waals surface area contributed by atoms with Crippen molar-refractivity contribution in [3.63, 3.8) is 0 Å². The molecule has 100 valence electrons. The number of rotatable bonds is 5. The number of nitrogens with zero attached hydrogens (tertiary/aromatic N) is 1. The van der Waals surface area contributed by atoms with E-state index in [0.29, 0.717) is 10.4 Å². The molecule has 0 amide bonds. The quantitative estimate of drug-likeness (QED) is 0.781. The zero-order valence-electron chi connectivity index (χ0n) is 10.2.